The minimum atomic E-state index is -4.52. The number of amides is 1. The van der Waals surface area contributed by atoms with Crippen molar-refractivity contribution in [3.8, 4) is 0 Å². The minimum Gasteiger partial charge on any atom is -0.493 e. The van der Waals surface area contributed by atoms with Crippen LogP contribution in [0.5, 0.6) is 0 Å². The number of hydrogen-bond acceptors (Lipinski definition) is 5. The third-order valence-electron chi connectivity index (χ3n) is 2.96. The number of halogens is 3. The van der Waals surface area contributed by atoms with Gasteiger partial charge in [0.2, 0.25) is 5.76 Å². The molecular weight excluding hydrogens is 331 g/mol. The van der Waals surface area contributed by atoms with Gasteiger partial charge in [-0.3, -0.25) is 4.79 Å². The van der Waals surface area contributed by atoms with Crippen molar-refractivity contribution in [2.45, 2.75) is 19.2 Å². The number of nitrogens with one attached hydrogen (secondary N) is 1. The molecule has 1 unspecified atom stereocenters. The predicted octanol–water partition coefficient (Wildman–Crippen LogP) is 2.46. The Hall–Kier alpha value is -2.71. The maximum absolute atomic E-state index is 12.6. The molecular formula is C15H14F3NO5. The zero-order valence-electron chi connectivity index (χ0n) is 12.6. The molecule has 1 amide bonds. The molecule has 0 aromatic heterocycles. The van der Waals surface area contributed by atoms with Crippen molar-refractivity contribution in [3.05, 3.63) is 41.9 Å². The van der Waals surface area contributed by atoms with E-state index in [9.17, 15) is 22.8 Å². The Morgan fingerprint density at radius 1 is 1.29 bits per heavy atom. The van der Waals surface area contributed by atoms with E-state index in [1.807, 2.05) is 0 Å². The number of ether oxygens (including phenoxy) is 3. The summed E-state index contributed by atoms with van der Waals surface area (Å²) in [5, 5.41) is 2.25. The SMILES string of the molecule is CC(OC(=O)C1=COCCO1)C(=O)Nc1cccc(C(F)(F)F)c1. The van der Waals surface area contributed by atoms with Gasteiger partial charge in [-0.25, -0.2) is 4.79 Å². The zero-order valence-corrected chi connectivity index (χ0v) is 12.6. The Kier molecular flexibility index (Phi) is 5.32. The fraction of sp³-hybridized carbons (Fsp3) is 0.333. The van der Waals surface area contributed by atoms with Crippen molar-refractivity contribution < 1.29 is 37.0 Å². The molecule has 1 aliphatic rings. The topological polar surface area (TPSA) is 73.9 Å². The molecule has 1 aromatic rings. The Labute approximate surface area is 135 Å². The lowest BCUT2D eigenvalue weighted by Gasteiger charge is -2.17. The number of esters is 1. The van der Waals surface area contributed by atoms with Crippen LogP contribution < -0.4 is 5.32 Å². The van der Waals surface area contributed by atoms with E-state index in [1.54, 1.807) is 0 Å². The third-order valence-corrected chi connectivity index (χ3v) is 2.96. The lowest BCUT2D eigenvalue weighted by atomic mass is 10.2. The van der Waals surface area contributed by atoms with E-state index in [1.165, 1.54) is 13.0 Å². The molecule has 1 atom stereocenters. The smallest absolute Gasteiger partial charge is 0.416 e. The van der Waals surface area contributed by atoms with E-state index in [0.29, 0.717) is 6.61 Å². The molecule has 2 rings (SSSR count). The molecule has 0 fully saturated rings. The quantitative estimate of drug-likeness (QED) is 0.849. The molecule has 24 heavy (non-hydrogen) atoms. The van der Waals surface area contributed by atoms with Gasteiger partial charge in [-0.05, 0) is 25.1 Å². The Bertz CT molecular complexity index is 657. The molecule has 0 radical (unpaired) electrons. The number of hydrogen-bond donors (Lipinski definition) is 1. The lowest BCUT2D eigenvalue weighted by molar-refractivity contribution is -0.153. The van der Waals surface area contributed by atoms with Crippen LogP contribution in [0.15, 0.2) is 36.3 Å². The van der Waals surface area contributed by atoms with E-state index in [2.05, 4.69) is 5.32 Å². The highest BCUT2D eigenvalue weighted by atomic mass is 19.4. The number of alkyl halides is 3. The van der Waals surface area contributed by atoms with Gasteiger partial charge in [0, 0.05) is 5.69 Å². The Morgan fingerprint density at radius 2 is 2.04 bits per heavy atom. The number of carbonyl (C=O) groups is 2. The summed E-state index contributed by atoms with van der Waals surface area (Å²) in [6.07, 6.45) is -4.69. The van der Waals surface area contributed by atoms with Crippen LogP contribution in [0.25, 0.3) is 0 Å². The highest BCUT2D eigenvalue weighted by Gasteiger charge is 2.31. The van der Waals surface area contributed by atoms with Crippen molar-refractivity contribution in [3.63, 3.8) is 0 Å². The minimum absolute atomic E-state index is 0.0609. The van der Waals surface area contributed by atoms with Crippen LogP contribution in [0.4, 0.5) is 18.9 Å². The molecule has 0 aliphatic carbocycles. The summed E-state index contributed by atoms with van der Waals surface area (Å²) >= 11 is 0. The second kappa shape index (κ2) is 7.24. The Morgan fingerprint density at radius 3 is 2.67 bits per heavy atom. The van der Waals surface area contributed by atoms with E-state index in [4.69, 9.17) is 14.2 Å². The highest BCUT2D eigenvalue weighted by molar-refractivity contribution is 5.96. The first kappa shape index (κ1) is 17.6. The molecule has 1 aromatic carbocycles. The van der Waals surface area contributed by atoms with Crippen LogP contribution in [-0.4, -0.2) is 31.2 Å². The van der Waals surface area contributed by atoms with Gasteiger partial charge >= 0.3 is 12.1 Å². The van der Waals surface area contributed by atoms with E-state index in [-0.39, 0.29) is 18.1 Å². The van der Waals surface area contributed by atoms with Crippen molar-refractivity contribution in [2.24, 2.45) is 0 Å². The molecule has 0 saturated heterocycles. The average Bonchev–Trinajstić information content (AvgIpc) is 2.55. The summed E-state index contributed by atoms with van der Waals surface area (Å²) in [4.78, 5) is 23.7. The molecule has 1 N–H and O–H groups in total. The summed E-state index contributed by atoms with van der Waals surface area (Å²) in [6, 6.07) is 4.12. The van der Waals surface area contributed by atoms with Crippen LogP contribution >= 0.6 is 0 Å². The average molecular weight is 345 g/mol. The second-order valence-corrected chi connectivity index (χ2v) is 4.82. The summed E-state index contributed by atoms with van der Waals surface area (Å²) in [5.41, 5.74) is -0.961. The van der Waals surface area contributed by atoms with Crippen molar-refractivity contribution in [1.29, 1.82) is 0 Å². The zero-order chi connectivity index (χ0) is 17.7. The van der Waals surface area contributed by atoms with Gasteiger partial charge in [-0.15, -0.1) is 0 Å². The van der Waals surface area contributed by atoms with Crippen LogP contribution in [0.2, 0.25) is 0 Å². The van der Waals surface area contributed by atoms with Gasteiger partial charge in [0.25, 0.3) is 5.91 Å². The van der Waals surface area contributed by atoms with Crippen LogP contribution in [0.1, 0.15) is 12.5 Å². The van der Waals surface area contributed by atoms with Gasteiger partial charge in [-0.1, -0.05) is 6.07 Å². The van der Waals surface area contributed by atoms with Crippen LogP contribution in [0.3, 0.4) is 0 Å². The molecule has 130 valence electrons. The van der Waals surface area contributed by atoms with E-state index >= 15 is 0 Å². The molecule has 0 bridgehead atoms. The lowest BCUT2D eigenvalue weighted by Crippen LogP contribution is -2.31. The van der Waals surface area contributed by atoms with Gasteiger partial charge in [0.15, 0.2) is 6.10 Å². The summed E-state index contributed by atoms with van der Waals surface area (Å²) < 4.78 is 52.6. The molecule has 1 heterocycles. The first-order chi connectivity index (χ1) is 11.3. The first-order valence-corrected chi connectivity index (χ1v) is 6.91. The Balaban J connectivity index is 1.96. The van der Waals surface area contributed by atoms with Gasteiger partial charge in [0.1, 0.15) is 19.5 Å². The summed E-state index contributed by atoms with van der Waals surface area (Å²) in [5.74, 6) is -1.86. The van der Waals surface area contributed by atoms with Crippen molar-refractivity contribution in [1.82, 2.24) is 0 Å². The maximum Gasteiger partial charge on any atom is 0.416 e. The predicted molar refractivity (Wildman–Crippen MR) is 75.6 cm³/mol. The van der Waals surface area contributed by atoms with Gasteiger partial charge in [-0.2, -0.15) is 13.2 Å². The maximum atomic E-state index is 12.6. The van der Waals surface area contributed by atoms with Crippen LogP contribution in [0, 0.1) is 0 Å². The fourth-order valence-electron chi connectivity index (χ4n) is 1.76. The van der Waals surface area contributed by atoms with Crippen LogP contribution in [-0.2, 0) is 30.0 Å². The number of rotatable bonds is 4. The summed E-state index contributed by atoms with van der Waals surface area (Å²) in [7, 11) is 0. The number of anilines is 1. The van der Waals surface area contributed by atoms with Gasteiger partial charge < -0.3 is 19.5 Å². The molecule has 9 heteroatoms. The standard InChI is InChI=1S/C15H14F3NO5/c1-9(24-14(21)12-8-22-5-6-23-12)13(20)19-11-4-2-3-10(7-11)15(16,17)18/h2-4,7-9H,5-6H2,1H3,(H,19,20). The normalized spacial score (nSPS) is 15.4. The van der Waals surface area contributed by atoms with Crippen molar-refractivity contribution in [2.75, 3.05) is 18.5 Å². The molecule has 0 spiro atoms. The van der Waals surface area contributed by atoms with E-state index < -0.39 is 29.7 Å². The monoisotopic (exact) mass is 345 g/mol. The highest BCUT2D eigenvalue weighted by Crippen LogP contribution is 2.30. The third kappa shape index (κ3) is 4.64. The molecule has 1 aliphatic heterocycles. The van der Waals surface area contributed by atoms with Gasteiger partial charge in [0.05, 0.1) is 5.56 Å². The molecule has 6 nitrogen and oxygen atoms in total. The second-order valence-electron chi connectivity index (χ2n) is 4.82. The number of carbonyl (C=O) groups excluding carboxylic acids is 2. The fourth-order valence-corrected chi connectivity index (χ4v) is 1.76. The first-order valence-electron chi connectivity index (χ1n) is 6.91. The number of benzene rings is 1. The summed E-state index contributed by atoms with van der Waals surface area (Å²) in [6.45, 7) is 1.75. The molecule has 0 saturated carbocycles. The van der Waals surface area contributed by atoms with E-state index in [0.717, 1.165) is 24.5 Å². The largest absolute Gasteiger partial charge is 0.493 e. The van der Waals surface area contributed by atoms with Crippen molar-refractivity contribution >= 4 is 17.6 Å².